The second-order valence-corrected chi connectivity index (χ2v) is 4.29. The van der Waals surface area contributed by atoms with Crippen molar-refractivity contribution < 1.29 is 10.2 Å². The average molecular weight is 242 g/mol. The van der Waals surface area contributed by atoms with Crippen LogP contribution in [0.2, 0.25) is 0 Å². The Labute approximate surface area is 104 Å². The van der Waals surface area contributed by atoms with Crippen molar-refractivity contribution in [2.45, 2.75) is 6.54 Å². The fourth-order valence-electron chi connectivity index (χ4n) is 2.49. The summed E-state index contributed by atoms with van der Waals surface area (Å²) in [6, 6.07) is 11.4. The SMILES string of the molecule is Nc1c(O)ccc2c3ccccc3n(CCO)c12. The van der Waals surface area contributed by atoms with E-state index >= 15 is 0 Å². The minimum Gasteiger partial charge on any atom is -0.506 e. The number of benzene rings is 2. The van der Waals surface area contributed by atoms with E-state index in [0.717, 1.165) is 21.8 Å². The van der Waals surface area contributed by atoms with Crippen molar-refractivity contribution in [2.75, 3.05) is 12.3 Å². The van der Waals surface area contributed by atoms with Crippen LogP contribution < -0.4 is 5.73 Å². The molecule has 0 aliphatic rings. The van der Waals surface area contributed by atoms with Crippen LogP contribution in [-0.2, 0) is 6.54 Å². The number of hydrogen-bond donors (Lipinski definition) is 3. The summed E-state index contributed by atoms with van der Waals surface area (Å²) in [7, 11) is 0. The van der Waals surface area contributed by atoms with Crippen molar-refractivity contribution in [3.63, 3.8) is 0 Å². The van der Waals surface area contributed by atoms with Gasteiger partial charge in [-0.05, 0) is 18.2 Å². The van der Waals surface area contributed by atoms with Gasteiger partial charge in [0.2, 0.25) is 0 Å². The second kappa shape index (κ2) is 3.92. The van der Waals surface area contributed by atoms with Crippen molar-refractivity contribution in [1.82, 2.24) is 4.57 Å². The normalized spacial score (nSPS) is 11.4. The number of phenolic OH excluding ortho intramolecular Hbond substituents is 1. The number of phenols is 1. The van der Waals surface area contributed by atoms with Gasteiger partial charge in [-0.15, -0.1) is 0 Å². The minimum absolute atomic E-state index is 0.0306. The molecule has 0 radical (unpaired) electrons. The molecule has 0 aliphatic heterocycles. The average Bonchev–Trinajstić information content (AvgIpc) is 2.70. The molecule has 2 aromatic carbocycles. The lowest BCUT2D eigenvalue weighted by Crippen LogP contribution is -2.03. The highest BCUT2D eigenvalue weighted by Crippen LogP contribution is 2.36. The number of hydrogen-bond acceptors (Lipinski definition) is 3. The van der Waals surface area contributed by atoms with Crippen LogP contribution in [0.1, 0.15) is 0 Å². The van der Waals surface area contributed by atoms with Gasteiger partial charge in [-0.2, -0.15) is 0 Å². The van der Waals surface area contributed by atoms with E-state index in [4.69, 9.17) is 5.73 Å². The van der Waals surface area contributed by atoms with Crippen LogP contribution >= 0.6 is 0 Å². The molecule has 0 saturated carbocycles. The van der Waals surface area contributed by atoms with Gasteiger partial charge in [-0.25, -0.2) is 0 Å². The summed E-state index contributed by atoms with van der Waals surface area (Å²) < 4.78 is 1.94. The summed E-state index contributed by atoms with van der Waals surface area (Å²) in [4.78, 5) is 0. The van der Waals surface area contributed by atoms with Crippen LogP contribution in [0.15, 0.2) is 36.4 Å². The molecular weight excluding hydrogens is 228 g/mol. The first-order valence-corrected chi connectivity index (χ1v) is 5.83. The monoisotopic (exact) mass is 242 g/mol. The molecule has 0 amide bonds. The predicted molar refractivity (Wildman–Crippen MR) is 72.6 cm³/mol. The zero-order chi connectivity index (χ0) is 12.7. The molecular formula is C14H14N2O2. The van der Waals surface area contributed by atoms with Gasteiger partial charge in [-0.3, -0.25) is 0 Å². The van der Waals surface area contributed by atoms with Gasteiger partial charge in [0.1, 0.15) is 5.75 Å². The summed E-state index contributed by atoms with van der Waals surface area (Å²) >= 11 is 0. The molecule has 0 unspecified atom stereocenters. The number of fused-ring (bicyclic) bond motifs is 3. The number of aromatic hydroxyl groups is 1. The highest BCUT2D eigenvalue weighted by Gasteiger charge is 2.14. The Morgan fingerprint density at radius 1 is 1.06 bits per heavy atom. The molecule has 0 aliphatic carbocycles. The van der Waals surface area contributed by atoms with Gasteiger partial charge in [0, 0.05) is 22.8 Å². The Morgan fingerprint density at radius 3 is 2.61 bits per heavy atom. The summed E-state index contributed by atoms with van der Waals surface area (Å²) in [6.45, 7) is 0.487. The summed E-state index contributed by atoms with van der Waals surface area (Å²) in [5, 5.41) is 21.0. The number of rotatable bonds is 2. The molecule has 4 heteroatoms. The van der Waals surface area contributed by atoms with Crippen molar-refractivity contribution in [3.05, 3.63) is 36.4 Å². The van der Waals surface area contributed by atoms with E-state index in [-0.39, 0.29) is 12.4 Å². The molecule has 0 atom stereocenters. The van der Waals surface area contributed by atoms with Gasteiger partial charge in [-0.1, -0.05) is 18.2 Å². The van der Waals surface area contributed by atoms with Gasteiger partial charge in [0.25, 0.3) is 0 Å². The summed E-state index contributed by atoms with van der Waals surface area (Å²) in [5.74, 6) is 0.0736. The van der Waals surface area contributed by atoms with Crippen LogP contribution in [0.5, 0.6) is 5.75 Å². The van der Waals surface area contributed by atoms with Gasteiger partial charge >= 0.3 is 0 Å². The predicted octanol–water partition coefficient (Wildman–Crippen LogP) is 2.07. The first kappa shape index (κ1) is 10.9. The van der Waals surface area contributed by atoms with Crippen LogP contribution in [-0.4, -0.2) is 21.4 Å². The Balaban J connectivity index is 2.54. The third-order valence-corrected chi connectivity index (χ3v) is 3.27. The zero-order valence-electron chi connectivity index (χ0n) is 9.80. The van der Waals surface area contributed by atoms with Crippen LogP contribution in [0.4, 0.5) is 5.69 Å². The van der Waals surface area contributed by atoms with E-state index in [1.54, 1.807) is 6.07 Å². The number of aromatic nitrogens is 1. The number of aliphatic hydroxyl groups is 1. The highest BCUT2D eigenvalue weighted by atomic mass is 16.3. The topological polar surface area (TPSA) is 71.4 Å². The number of nitrogen functional groups attached to an aromatic ring is 1. The molecule has 18 heavy (non-hydrogen) atoms. The van der Waals surface area contributed by atoms with E-state index < -0.39 is 0 Å². The lowest BCUT2D eigenvalue weighted by molar-refractivity contribution is 0.280. The third-order valence-electron chi connectivity index (χ3n) is 3.27. The van der Waals surface area contributed by atoms with E-state index in [9.17, 15) is 10.2 Å². The molecule has 3 rings (SSSR count). The summed E-state index contributed by atoms with van der Waals surface area (Å²) in [6.07, 6.45) is 0. The Morgan fingerprint density at radius 2 is 1.83 bits per heavy atom. The third kappa shape index (κ3) is 1.36. The zero-order valence-corrected chi connectivity index (χ0v) is 9.80. The van der Waals surface area contributed by atoms with Crippen molar-refractivity contribution in [2.24, 2.45) is 0 Å². The Bertz CT molecular complexity index is 731. The second-order valence-electron chi connectivity index (χ2n) is 4.29. The maximum atomic E-state index is 9.73. The quantitative estimate of drug-likeness (QED) is 0.476. The van der Waals surface area contributed by atoms with Crippen LogP contribution in [0.3, 0.4) is 0 Å². The molecule has 0 fully saturated rings. The molecule has 4 N–H and O–H groups in total. The molecule has 0 spiro atoms. The highest BCUT2D eigenvalue weighted by molar-refractivity contribution is 6.12. The van der Waals surface area contributed by atoms with Crippen molar-refractivity contribution >= 4 is 27.5 Å². The Hall–Kier alpha value is -2.20. The van der Waals surface area contributed by atoms with Crippen LogP contribution in [0.25, 0.3) is 21.8 Å². The molecule has 1 heterocycles. The lowest BCUT2D eigenvalue weighted by Gasteiger charge is -2.07. The van der Waals surface area contributed by atoms with E-state index in [0.29, 0.717) is 12.2 Å². The lowest BCUT2D eigenvalue weighted by atomic mass is 10.1. The van der Waals surface area contributed by atoms with E-state index in [1.807, 2.05) is 34.9 Å². The van der Waals surface area contributed by atoms with Crippen LogP contribution in [0, 0.1) is 0 Å². The van der Waals surface area contributed by atoms with Crippen molar-refractivity contribution in [1.29, 1.82) is 0 Å². The summed E-state index contributed by atoms with van der Waals surface area (Å²) in [5.41, 5.74) is 8.11. The van der Waals surface area contributed by atoms with E-state index in [1.165, 1.54) is 0 Å². The maximum Gasteiger partial charge on any atom is 0.140 e. The number of nitrogens with two attached hydrogens (primary N) is 1. The van der Waals surface area contributed by atoms with Gasteiger partial charge in [0.15, 0.2) is 0 Å². The smallest absolute Gasteiger partial charge is 0.140 e. The van der Waals surface area contributed by atoms with E-state index in [2.05, 4.69) is 0 Å². The van der Waals surface area contributed by atoms with Gasteiger partial charge in [0.05, 0.1) is 17.8 Å². The maximum absolute atomic E-state index is 9.73. The minimum atomic E-state index is 0.0306. The Kier molecular flexibility index (Phi) is 2.38. The molecule has 0 bridgehead atoms. The number of para-hydroxylation sites is 1. The molecule has 1 aromatic heterocycles. The number of aliphatic hydroxyl groups excluding tert-OH is 1. The first-order valence-electron chi connectivity index (χ1n) is 5.83. The van der Waals surface area contributed by atoms with Gasteiger partial charge < -0.3 is 20.5 Å². The molecule has 0 saturated heterocycles. The molecule has 92 valence electrons. The molecule has 3 aromatic rings. The number of nitrogens with zero attached hydrogens (tertiary/aromatic N) is 1. The number of anilines is 1. The largest absolute Gasteiger partial charge is 0.506 e. The fraction of sp³-hybridized carbons (Fsp3) is 0.143. The molecule has 4 nitrogen and oxygen atoms in total. The fourth-order valence-corrected chi connectivity index (χ4v) is 2.49. The standard InChI is InChI=1S/C14H14N2O2/c15-13-12(18)6-5-10-9-3-1-2-4-11(9)16(7-8-17)14(10)13/h1-6,17-18H,7-8,15H2. The van der Waals surface area contributed by atoms with Crippen molar-refractivity contribution in [3.8, 4) is 5.75 Å². The first-order chi connectivity index (χ1) is 8.74.